The van der Waals surface area contributed by atoms with Gasteiger partial charge in [0, 0.05) is 30.7 Å². The van der Waals surface area contributed by atoms with Crippen molar-refractivity contribution in [1.29, 1.82) is 0 Å². The molecule has 3 heteroatoms. The van der Waals surface area contributed by atoms with Gasteiger partial charge in [-0.3, -0.25) is 14.8 Å². The average Bonchev–Trinajstić information content (AvgIpc) is 2.33. The number of Topliss-reactive ketones (excluding diaryl/α,β-unsaturated/α-hetero) is 1. The van der Waals surface area contributed by atoms with E-state index in [-0.39, 0.29) is 0 Å². The molecule has 1 aliphatic rings. The SMILES string of the molecule is CC(=O)C1CCCCC1.c1cnccn1. The zero-order valence-electron chi connectivity index (χ0n) is 9.22. The number of ketones is 1. The summed E-state index contributed by atoms with van der Waals surface area (Å²) >= 11 is 0. The predicted molar refractivity (Wildman–Crippen MR) is 59.3 cm³/mol. The maximum atomic E-state index is 10.8. The third-order valence-electron chi connectivity index (χ3n) is 2.66. The number of hydrogen-bond acceptors (Lipinski definition) is 3. The first kappa shape index (κ1) is 11.8. The first-order valence-electron chi connectivity index (χ1n) is 5.51. The molecule has 3 nitrogen and oxygen atoms in total. The molecule has 1 heterocycles. The Morgan fingerprint density at radius 1 is 1.00 bits per heavy atom. The van der Waals surface area contributed by atoms with E-state index < -0.39 is 0 Å². The predicted octanol–water partition coefficient (Wildman–Crippen LogP) is 2.63. The van der Waals surface area contributed by atoms with Crippen molar-refractivity contribution < 1.29 is 4.79 Å². The van der Waals surface area contributed by atoms with Crippen LogP contribution < -0.4 is 0 Å². The Morgan fingerprint density at radius 2 is 1.47 bits per heavy atom. The molecule has 1 saturated carbocycles. The minimum atomic E-state index is 0.398. The van der Waals surface area contributed by atoms with E-state index in [1.165, 1.54) is 19.3 Å². The highest BCUT2D eigenvalue weighted by Crippen LogP contribution is 2.23. The second-order valence-electron chi connectivity index (χ2n) is 3.84. The van der Waals surface area contributed by atoms with Crippen LogP contribution in [-0.4, -0.2) is 15.8 Å². The third-order valence-corrected chi connectivity index (χ3v) is 2.66. The Kier molecular flexibility index (Phi) is 5.59. The lowest BCUT2D eigenvalue weighted by molar-refractivity contribution is -0.121. The Labute approximate surface area is 91.0 Å². The lowest BCUT2D eigenvalue weighted by atomic mass is 9.87. The molecule has 1 aromatic heterocycles. The summed E-state index contributed by atoms with van der Waals surface area (Å²) in [4.78, 5) is 18.2. The summed E-state index contributed by atoms with van der Waals surface area (Å²) in [5.41, 5.74) is 0. The number of carbonyl (C=O) groups is 1. The van der Waals surface area contributed by atoms with Crippen LogP contribution in [0.2, 0.25) is 0 Å². The molecule has 0 N–H and O–H groups in total. The van der Waals surface area contributed by atoms with Gasteiger partial charge < -0.3 is 0 Å². The summed E-state index contributed by atoms with van der Waals surface area (Å²) < 4.78 is 0. The number of carbonyl (C=O) groups excluding carboxylic acids is 1. The highest BCUT2D eigenvalue weighted by atomic mass is 16.1. The molecule has 0 bridgehead atoms. The second kappa shape index (κ2) is 7.10. The third kappa shape index (κ3) is 5.25. The minimum absolute atomic E-state index is 0.398. The largest absolute Gasteiger partial charge is 0.300 e. The number of hydrogen-bond donors (Lipinski definition) is 0. The van der Waals surface area contributed by atoms with Crippen molar-refractivity contribution in [2.45, 2.75) is 39.0 Å². The molecule has 0 unspecified atom stereocenters. The van der Waals surface area contributed by atoms with Crippen LogP contribution in [0.1, 0.15) is 39.0 Å². The van der Waals surface area contributed by atoms with E-state index in [0.717, 1.165) is 12.8 Å². The number of aromatic nitrogens is 2. The van der Waals surface area contributed by atoms with E-state index in [1.807, 2.05) is 0 Å². The van der Waals surface area contributed by atoms with Gasteiger partial charge in [0.1, 0.15) is 5.78 Å². The quantitative estimate of drug-likeness (QED) is 0.709. The summed E-state index contributed by atoms with van der Waals surface area (Å²) in [7, 11) is 0. The molecular weight excluding hydrogens is 188 g/mol. The fraction of sp³-hybridized carbons (Fsp3) is 0.583. The van der Waals surface area contributed by atoms with Gasteiger partial charge in [0.15, 0.2) is 0 Å². The Morgan fingerprint density at radius 3 is 1.73 bits per heavy atom. The number of nitrogens with zero attached hydrogens (tertiary/aromatic N) is 2. The number of rotatable bonds is 1. The van der Waals surface area contributed by atoms with Crippen molar-refractivity contribution >= 4 is 5.78 Å². The van der Waals surface area contributed by atoms with Crippen molar-refractivity contribution in [1.82, 2.24) is 9.97 Å². The lowest BCUT2D eigenvalue weighted by Crippen LogP contribution is -2.13. The molecule has 0 radical (unpaired) electrons. The fourth-order valence-electron chi connectivity index (χ4n) is 1.76. The van der Waals surface area contributed by atoms with Gasteiger partial charge in [0.05, 0.1) is 0 Å². The minimum Gasteiger partial charge on any atom is -0.300 e. The molecule has 0 amide bonds. The standard InChI is InChI=1S/C8H14O.C4H4N2/c1-7(9)8-5-3-2-4-6-8;1-2-6-4-3-5-1/h8H,2-6H2,1H3;1-4H. The van der Waals surface area contributed by atoms with Gasteiger partial charge in [0.25, 0.3) is 0 Å². The highest BCUT2D eigenvalue weighted by molar-refractivity contribution is 5.78. The smallest absolute Gasteiger partial charge is 0.132 e. The van der Waals surface area contributed by atoms with E-state index in [4.69, 9.17) is 0 Å². The summed E-state index contributed by atoms with van der Waals surface area (Å²) in [5.74, 6) is 0.813. The summed E-state index contributed by atoms with van der Waals surface area (Å²) in [6.07, 6.45) is 12.7. The molecule has 0 aliphatic heterocycles. The highest BCUT2D eigenvalue weighted by Gasteiger charge is 2.16. The maximum absolute atomic E-state index is 10.8. The van der Waals surface area contributed by atoms with Gasteiger partial charge in [-0.15, -0.1) is 0 Å². The molecule has 0 spiro atoms. The van der Waals surface area contributed by atoms with E-state index in [9.17, 15) is 4.79 Å². The summed E-state index contributed by atoms with van der Waals surface area (Å²) in [6.45, 7) is 1.72. The first-order chi connectivity index (χ1) is 7.30. The van der Waals surface area contributed by atoms with Crippen molar-refractivity contribution in [3.63, 3.8) is 0 Å². The van der Waals surface area contributed by atoms with E-state index in [0.29, 0.717) is 11.7 Å². The molecule has 82 valence electrons. The molecule has 1 fully saturated rings. The van der Waals surface area contributed by atoms with Gasteiger partial charge >= 0.3 is 0 Å². The van der Waals surface area contributed by atoms with E-state index >= 15 is 0 Å². The van der Waals surface area contributed by atoms with Crippen LogP contribution in [0.15, 0.2) is 24.8 Å². The maximum Gasteiger partial charge on any atom is 0.132 e. The zero-order chi connectivity index (χ0) is 10.9. The molecule has 0 atom stereocenters. The molecule has 0 saturated heterocycles. The van der Waals surface area contributed by atoms with Crippen LogP contribution >= 0.6 is 0 Å². The van der Waals surface area contributed by atoms with Crippen molar-refractivity contribution in [3.05, 3.63) is 24.8 Å². The topological polar surface area (TPSA) is 42.9 Å². The lowest BCUT2D eigenvalue weighted by Gasteiger charge is -2.17. The van der Waals surface area contributed by atoms with Crippen molar-refractivity contribution in [3.8, 4) is 0 Å². The van der Waals surface area contributed by atoms with Gasteiger partial charge in [-0.25, -0.2) is 0 Å². The molecule has 1 aromatic rings. The molecule has 2 rings (SSSR count). The fourth-order valence-corrected chi connectivity index (χ4v) is 1.76. The van der Waals surface area contributed by atoms with E-state index in [2.05, 4.69) is 9.97 Å². The van der Waals surface area contributed by atoms with Crippen LogP contribution in [0, 0.1) is 5.92 Å². The monoisotopic (exact) mass is 206 g/mol. The first-order valence-corrected chi connectivity index (χ1v) is 5.51. The van der Waals surface area contributed by atoms with Gasteiger partial charge in [0.2, 0.25) is 0 Å². The van der Waals surface area contributed by atoms with Gasteiger partial charge in [-0.05, 0) is 19.8 Å². The average molecular weight is 206 g/mol. The zero-order valence-corrected chi connectivity index (χ0v) is 9.22. The molecule has 0 aromatic carbocycles. The van der Waals surface area contributed by atoms with Crippen LogP contribution in [-0.2, 0) is 4.79 Å². The Balaban J connectivity index is 0.000000162. The summed E-state index contributed by atoms with van der Waals surface area (Å²) in [6, 6.07) is 0. The van der Waals surface area contributed by atoms with Gasteiger partial charge in [-0.1, -0.05) is 19.3 Å². The van der Waals surface area contributed by atoms with Crippen LogP contribution in [0.25, 0.3) is 0 Å². The Hall–Kier alpha value is -1.25. The molecule has 15 heavy (non-hydrogen) atoms. The normalized spacial score (nSPS) is 16.3. The van der Waals surface area contributed by atoms with E-state index in [1.54, 1.807) is 31.7 Å². The molecule has 1 aliphatic carbocycles. The van der Waals surface area contributed by atoms with Crippen molar-refractivity contribution in [2.75, 3.05) is 0 Å². The van der Waals surface area contributed by atoms with Crippen LogP contribution in [0.4, 0.5) is 0 Å². The second-order valence-corrected chi connectivity index (χ2v) is 3.84. The summed E-state index contributed by atoms with van der Waals surface area (Å²) in [5, 5.41) is 0. The van der Waals surface area contributed by atoms with Crippen LogP contribution in [0.3, 0.4) is 0 Å². The van der Waals surface area contributed by atoms with Crippen molar-refractivity contribution in [2.24, 2.45) is 5.92 Å². The Bertz CT molecular complexity index is 242. The van der Waals surface area contributed by atoms with Crippen LogP contribution in [0.5, 0.6) is 0 Å². The molecular formula is C12H18N2O. The van der Waals surface area contributed by atoms with Gasteiger partial charge in [-0.2, -0.15) is 0 Å².